The number of rotatable bonds is 1. The molecule has 1 aromatic rings. The number of benzene rings is 1. The average molecular weight is 232 g/mol. The van der Waals surface area contributed by atoms with E-state index in [0.29, 0.717) is 13.0 Å². The van der Waals surface area contributed by atoms with Crippen LogP contribution in [0.3, 0.4) is 0 Å². The summed E-state index contributed by atoms with van der Waals surface area (Å²) in [5.41, 5.74) is 4.29. The number of amides is 1. The SMILES string of the molecule is COc1ccc2c(c1)C1=NNC(=O)CC1CO2. The molecule has 2 heterocycles. The molecule has 0 saturated carbocycles. The third kappa shape index (κ3) is 1.63. The number of carbonyl (C=O) groups excluding carboxylic acids is 1. The van der Waals surface area contributed by atoms with Crippen molar-refractivity contribution >= 4 is 11.6 Å². The molecule has 0 saturated heterocycles. The fourth-order valence-electron chi connectivity index (χ4n) is 2.15. The van der Waals surface area contributed by atoms with Gasteiger partial charge >= 0.3 is 0 Å². The van der Waals surface area contributed by atoms with E-state index in [1.807, 2.05) is 18.2 Å². The van der Waals surface area contributed by atoms with Crippen LogP contribution in [0.5, 0.6) is 11.5 Å². The number of fused-ring (bicyclic) bond motifs is 3. The topological polar surface area (TPSA) is 59.9 Å². The normalized spacial score (nSPS) is 21.6. The Hall–Kier alpha value is -2.04. The van der Waals surface area contributed by atoms with Crippen LogP contribution < -0.4 is 14.9 Å². The van der Waals surface area contributed by atoms with E-state index in [4.69, 9.17) is 9.47 Å². The Bertz CT molecular complexity index is 510. The first-order chi connectivity index (χ1) is 8.28. The van der Waals surface area contributed by atoms with Crippen LogP contribution in [-0.4, -0.2) is 25.3 Å². The fourth-order valence-corrected chi connectivity index (χ4v) is 2.15. The lowest BCUT2D eigenvalue weighted by molar-refractivity contribution is -0.122. The van der Waals surface area contributed by atoms with Crippen LogP contribution >= 0.6 is 0 Å². The second-order valence-corrected chi connectivity index (χ2v) is 4.11. The summed E-state index contributed by atoms with van der Waals surface area (Å²) in [6.45, 7) is 0.506. The van der Waals surface area contributed by atoms with Gasteiger partial charge in [0.2, 0.25) is 5.91 Å². The van der Waals surface area contributed by atoms with Crippen molar-refractivity contribution in [3.8, 4) is 11.5 Å². The number of carbonyl (C=O) groups is 1. The summed E-state index contributed by atoms with van der Waals surface area (Å²) >= 11 is 0. The molecule has 1 N–H and O–H groups in total. The highest BCUT2D eigenvalue weighted by molar-refractivity contribution is 6.08. The quantitative estimate of drug-likeness (QED) is 0.783. The van der Waals surface area contributed by atoms with Crippen molar-refractivity contribution in [1.29, 1.82) is 0 Å². The molecule has 0 fully saturated rings. The van der Waals surface area contributed by atoms with Gasteiger partial charge in [-0.25, -0.2) is 5.43 Å². The molecule has 5 nitrogen and oxygen atoms in total. The molecule has 1 unspecified atom stereocenters. The maximum atomic E-state index is 11.3. The number of methoxy groups -OCH3 is 1. The van der Waals surface area contributed by atoms with Gasteiger partial charge in [0, 0.05) is 17.9 Å². The van der Waals surface area contributed by atoms with Crippen LogP contribution in [0.1, 0.15) is 12.0 Å². The molecule has 2 aliphatic rings. The Balaban J connectivity index is 2.07. The monoisotopic (exact) mass is 232 g/mol. The number of ether oxygens (including phenoxy) is 2. The predicted molar refractivity (Wildman–Crippen MR) is 61.3 cm³/mol. The maximum absolute atomic E-state index is 11.3. The summed E-state index contributed by atoms with van der Waals surface area (Å²) in [4.78, 5) is 11.3. The van der Waals surface area contributed by atoms with Crippen molar-refractivity contribution in [2.24, 2.45) is 11.0 Å². The molecule has 17 heavy (non-hydrogen) atoms. The molecule has 0 bridgehead atoms. The highest BCUT2D eigenvalue weighted by Gasteiger charge is 2.32. The van der Waals surface area contributed by atoms with Crippen molar-refractivity contribution < 1.29 is 14.3 Å². The van der Waals surface area contributed by atoms with E-state index in [2.05, 4.69) is 10.5 Å². The van der Waals surface area contributed by atoms with Crippen molar-refractivity contribution in [3.63, 3.8) is 0 Å². The van der Waals surface area contributed by atoms with Gasteiger partial charge in [0.15, 0.2) is 0 Å². The van der Waals surface area contributed by atoms with Gasteiger partial charge in [0.25, 0.3) is 0 Å². The van der Waals surface area contributed by atoms with Crippen LogP contribution in [0.4, 0.5) is 0 Å². The van der Waals surface area contributed by atoms with Gasteiger partial charge in [-0.1, -0.05) is 0 Å². The molecular weight excluding hydrogens is 220 g/mol. The minimum Gasteiger partial charge on any atom is -0.497 e. The number of nitrogens with one attached hydrogen (secondary N) is 1. The molecule has 88 valence electrons. The number of nitrogens with zero attached hydrogens (tertiary/aromatic N) is 1. The number of hydrogen-bond donors (Lipinski definition) is 1. The van der Waals surface area contributed by atoms with Gasteiger partial charge < -0.3 is 9.47 Å². The molecule has 5 heteroatoms. The molecule has 0 spiro atoms. The number of hydrogen-bond acceptors (Lipinski definition) is 4. The Labute approximate surface area is 98.4 Å². The third-order valence-corrected chi connectivity index (χ3v) is 3.02. The van der Waals surface area contributed by atoms with Gasteiger partial charge in [-0.3, -0.25) is 4.79 Å². The first kappa shape index (κ1) is 10.1. The minimum atomic E-state index is -0.0614. The third-order valence-electron chi connectivity index (χ3n) is 3.02. The van der Waals surface area contributed by atoms with Gasteiger partial charge in [0.1, 0.15) is 11.5 Å². The van der Waals surface area contributed by atoms with Crippen LogP contribution in [0.15, 0.2) is 23.3 Å². The maximum Gasteiger partial charge on any atom is 0.240 e. The van der Waals surface area contributed by atoms with Crippen LogP contribution in [-0.2, 0) is 4.79 Å². The van der Waals surface area contributed by atoms with E-state index in [1.165, 1.54) is 0 Å². The van der Waals surface area contributed by atoms with Crippen molar-refractivity contribution in [3.05, 3.63) is 23.8 Å². The molecule has 1 amide bonds. The highest BCUT2D eigenvalue weighted by atomic mass is 16.5. The average Bonchev–Trinajstić information content (AvgIpc) is 2.37. The van der Waals surface area contributed by atoms with Crippen LogP contribution in [0, 0.1) is 5.92 Å². The minimum absolute atomic E-state index is 0.0448. The Morgan fingerprint density at radius 3 is 3.24 bits per heavy atom. The molecule has 2 aliphatic heterocycles. The highest BCUT2D eigenvalue weighted by Crippen LogP contribution is 2.33. The number of hydrazone groups is 1. The summed E-state index contributed by atoms with van der Waals surface area (Å²) in [5, 5.41) is 4.13. The van der Waals surface area contributed by atoms with E-state index in [0.717, 1.165) is 22.8 Å². The van der Waals surface area contributed by atoms with Gasteiger partial charge in [-0.15, -0.1) is 0 Å². The van der Waals surface area contributed by atoms with E-state index >= 15 is 0 Å². The molecular formula is C12H12N2O3. The molecule has 0 radical (unpaired) electrons. The summed E-state index contributed by atoms with van der Waals surface area (Å²) in [6, 6.07) is 5.60. The smallest absolute Gasteiger partial charge is 0.240 e. The molecule has 1 atom stereocenters. The Kier molecular flexibility index (Phi) is 2.24. The second kappa shape index (κ2) is 3.76. The Morgan fingerprint density at radius 1 is 1.53 bits per heavy atom. The summed E-state index contributed by atoms with van der Waals surface area (Å²) in [7, 11) is 1.62. The van der Waals surface area contributed by atoms with E-state index in [9.17, 15) is 4.79 Å². The molecule has 0 aromatic heterocycles. The van der Waals surface area contributed by atoms with Crippen LogP contribution in [0.25, 0.3) is 0 Å². The molecule has 0 aliphatic carbocycles. The van der Waals surface area contributed by atoms with Gasteiger partial charge in [-0.2, -0.15) is 5.10 Å². The second-order valence-electron chi connectivity index (χ2n) is 4.11. The standard InChI is InChI=1S/C12H12N2O3/c1-16-8-2-3-10-9(5-8)12-7(6-17-10)4-11(15)13-14-12/h2-3,5,7H,4,6H2,1H3,(H,13,15). The zero-order valence-electron chi connectivity index (χ0n) is 9.40. The van der Waals surface area contributed by atoms with E-state index in [1.54, 1.807) is 7.11 Å². The first-order valence-corrected chi connectivity index (χ1v) is 5.45. The van der Waals surface area contributed by atoms with Crippen molar-refractivity contribution in [2.75, 3.05) is 13.7 Å². The Morgan fingerprint density at radius 2 is 2.41 bits per heavy atom. The summed E-state index contributed by atoms with van der Waals surface area (Å²) in [6.07, 6.45) is 0.426. The van der Waals surface area contributed by atoms with Gasteiger partial charge in [-0.05, 0) is 18.2 Å². The zero-order valence-corrected chi connectivity index (χ0v) is 9.40. The summed E-state index contributed by atoms with van der Waals surface area (Å²) in [5.74, 6) is 1.53. The summed E-state index contributed by atoms with van der Waals surface area (Å²) < 4.78 is 10.8. The fraction of sp³-hybridized carbons (Fsp3) is 0.333. The largest absolute Gasteiger partial charge is 0.497 e. The van der Waals surface area contributed by atoms with Crippen molar-refractivity contribution in [2.45, 2.75) is 6.42 Å². The first-order valence-electron chi connectivity index (χ1n) is 5.45. The van der Waals surface area contributed by atoms with Crippen molar-refractivity contribution in [1.82, 2.24) is 5.43 Å². The molecule has 1 aromatic carbocycles. The zero-order chi connectivity index (χ0) is 11.8. The lowest BCUT2D eigenvalue weighted by atomic mass is 9.90. The molecule has 3 rings (SSSR count). The van der Waals surface area contributed by atoms with Gasteiger partial charge in [0.05, 0.1) is 19.4 Å². The lowest BCUT2D eigenvalue weighted by Crippen LogP contribution is -2.39. The lowest BCUT2D eigenvalue weighted by Gasteiger charge is -2.29. The van der Waals surface area contributed by atoms with E-state index < -0.39 is 0 Å². The predicted octanol–water partition coefficient (Wildman–Crippen LogP) is 0.928. The van der Waals surface area contributed by atoms with Crippen LogP contribution in [0.2, 0.25) is 0 Å². The van der Waals surface area contributed by atoms with E-state index in [-0.39, 0.29) is 11.8 Å².